The molecule has 0 unspecified atom stereocenters. The molecule has 0 fully saturated rings. The number of anilines is 1. The van der Waals surface area contributed by atoms with E-state index >= 15 is 0 Å². The average Bonchev–Trinajstić information content (AvgIpc) is 2.07. The number of nitrogens with zero attached hydrogens (tertiary/aromatic N) is 1. The highest BCUT2D eigenvalue weighted by Gasteiger charge is 2.13. The number of sulfonamides is 1. The Bertz CT molecular complexity index is 508. The molecule has 0 saturated carbocycles. The molecule has 1 aromatic carbocycles. The molecule has 0 aliphatic carbocycles. The van der Waals surface area contributed by atoms with Crippen LogP contribution in [0.1, 0.15) is 0 Å². The Morgan fingerprint density at radius 2 is 1.93 bits per heavy atom. The second-order valence-electron chi connectivity index (χ2n) is 2.67. The second kappa shape index (κ2) is 4.07. The van der Waals surface area contributed by atoms with Crippen LogP contribution >= 0.6 is 15.9 Å². The summed E-state index contributed by atoms with van der Waals surface area (Å²) in [6.07, 6.45) is 0. The normalized spacial score (nSPS) is 11.0. The standard InChI is InChI=1S/C7H9BrN4O2S/c8-5-3-4(1-2-6(5)9)15(13,14)12-7(10)11/h1-3H,9H2,(H4,10,11,12). The molecule has 0 heterocycles. The SMILES string of the molecule is NC(N)=NS(=O)(=O)c1ccc(N)c(Br)c1. The van der Waals surface area contributed by atoms with E-state index in [9.17, 15) is 8.42 Å². The molecular formula is C7H9BrN4O2S. The maximum atomic E-state index is 11.5. The maximum Gasteiger partial charge on any atom is 0.285 e. The molecule has 0 aliphatic rings. The van der Waals surface area contributed by atoms with Crippen molar-refractivity contribution in [3.8, 4) is 0 Å². The number of rotatable bonds is 2. The predicted octanol–water partition coefficient (Wildman–Crippen LogP) is -0.00660. The van der Waals surface area contributed by atoms with Crippen LogP contribution < -0.4 is 17.2 Å². The minimum atomic E-state index is -3.85. The first kappa shape index (κ1) is 11.8. The minimum absolute atomic E-state index is 0.0306. The van der Waals surface area contributed by atoms with Gasteiger partial charge in [0.05, 0.1) is 4.90 Å². The lowest BCUT2D eigenvalue weighted by atomic mass is 10.3. The van der Waals surface area contributed by atoms with Gasteiger partial charge in [-0.25, -0.2) is 0 Å². The van der Waals surface area contributed by atoms with Gasteiger partial charge in [-0.2, -0.15) is 8.42 Å². The molecule has 1 rings (SSSR count). The highest BCUT2D eigenvalue weighted by molar-refractivity contribution is 9.10. The molecule has 0 atom stereocenters. The Labute approximate surface area is 95.3 Å². The van der Waals surface area contributed by atoms with Gasteiger partial charge in [0.2, 0.25) is 5.96 Å². The molecule has 0 radical (unpaired) electrons. The van der Waals surface area contributed by atoms with E-state index in [2.05, 4.69) is 20.3 Å². The monoisotopic (exact) mass is 292 g/mol. The Balaban J connectivity index is 3.29. The van der Waals surface area contributed by atoms with Crippen LogP contribution in [0.4, 0.5) is 5.69 Å². The van der Waals surface area contributed by atoms with Gasteiger partial charge in [-0.15, -0.1) is 4.40 Å². The fourth-order valence-electron chi connectivity index (χ4n) is 0.860. The van der Waals surface area contributed by atoms with Crippen molar-refractivity contribution in [3.05, 3.63) is 22.7 Å². The van der Waals surface area contributed by atoms with Crippen molar-refractivity contribution in [1.82, 2.24) is 0 Å². The molecule has 0 saturated heterocycles. The van der Waals surface area contributed by atoms with E-state index in [1.165, 1.54) is 18.2 Å². The van der Waals surface area contributed by atoms with Crippen LogP contribution in [0.2, 0.25) is 0 Å². The van der Waals surface area contributed by atoms with E-state index < -0.39 is 16.0 Å². The summed E-state index contributed by atoms with van der Waals surface area (Å²) in [6, 6.07) is 4.10. The third-order valence-electron chi connectivity index (χ3n) is 1.50. The lowest BCUT2D eigenvalue weighted by molar-refractivity contribution is 0.598. The number of nitrogen functional groups attached to an aromatic ring is 1. The van der Waals surface area contributed by atoms with E-state index in [1.807, 2.05) is 0 Å². The zero-order chi connectivity index (χ0) is 11.6. The fraction of sp³-hybridized carbons (Fsp3) is 0. The van der Waals surface area contributed by atoms with Crippen molar-refractivity contribution < 1.29 is 8.42 Å². The van der Waals surface area contributed by atoms with Crippen LogP contribution in [-0.4, -0.2) is 14.4 Å². The van der Waals surface area contributed by atoms with Gasteiger partial charge in [0, 0.05) is 10.2 Å². The summed E-state index contributed by atoms with van der Waals surface area (Å²) < 4.78 is 26.6. The highest BCUT2D eigenvalue weighted by Crippen LogP contribution is 2.23. The van der Waals surface area contributed by atoms with Gasteiger partial charge in [-0.1, -0.05) is 0 Å². The van der Waals surface area contributed by atoms with E-state index in [-0.39, 0.29) is 4.90 Å². The molecule has 0 bridgehead atoms. The van der Waals surface area contributed by atoms with Crippen LogP contribution in [0.15, 0.2) is 32.0 Å². The van der Waals surface area contributed by atoms with Crippen molar-refractivity contribution in [2.45, 2.75) is 4.90 Å². The molecule has 0 spiro atoms. The molecule has 15 heavy (non-hydrogen) atoms. The van der Waals surface area contributed by atoms with Crippen molar-refractivity contribution in [2.75, 3.05) is 5.73 Å². The average molecular weight is 293 g/mol. The first-order valence-electron chi connectivity index (χ1n) is 3.74. The summed E-state index contributed by atoms with van der Waals surface area (Å²) in [5, 5.41) is 0. The Kier molecular flexibility index (Phi) is 3.20. The molecule has 0 aromatic heterocycles. The van der Waals surface area contributed by atoms with Crippen LogP contribution in [0.3, 0.4) is 0 Å². The molecule has 6 N–H and O–H groups in total. The summed E-state index contributed by atoms with van der Waals surface area (Å²) in [4.78, 5) is -0.0306. The molecule has 0 aliphatic heterocycles. The summed E-state index contributed by atoms with van der Waals surface area (Å²) in [5.74, 6) is -0.511. The third kappa shape index (κ3) is 2.83. The Morgan fingerprint density at radius 1 is 1.33 bits per heavy atom. The molecule has 82 valence electrons. The van der Waals surface area contributed by atoms with Crippen molar-refractivity contribution >= 4 is 37.6 Å². The Hall–Kier alpha value is -1.28. The lowest BCUT2D eigenvalue weighted by Crippen LogP contribution is -2.24. The van der Waals surface area contributed by atoms with Gasteiger partial charge in [0.1, 0.15) is 0 Å². The zero-order valence-electron chi connectivity index (χ0n) is 7.51. The van der Waals surface area contributed by atoms with E-state index in [0.717, 1.165) is 0 Å². The number of hydrogen-bond donors (Lipinski definition) is 3. The van der Waals surface area contributed by atoms with Gasteiger partial charge in [0.15, 0.2) is 0 Å². The van der Waals surface area contributed by atoms with Crippen LogP contribution in [0.25, 0.3) is 0 Å². The van der Waals surface area contributed by atoms with Gasteiger partial charge < -0.3 is 17.2 Å². The number of benzene rings is 1. The Morgan fingerprint density at radius 3 is 2.40 bits per heavy atom. The third-order valence-corrected chi connectivity index (χ3v) is 3.48. The molecule has 8 heteroatoms. The van der Waals surface area contributed by atoms with Crippen molar-refractivity contribution in [2.24, 2.45) is 15.9 Å². The number of guanidine groups is 1. The van der Waals surface area contributed by atoms with Gasteiger partial charge in [0.25, 0.3) is 10.0 Å². The quantitative estimate of drug-likeness (QED) is 0.402. The van der Waals surface area contributed by atoms with Crippen LogP contribution in [0, 0.1) is 0 Å². The number of nitrogens with two attached hydrogens (primary N) is 3. The first-order chi connectivity index (χ1) is 6.83. The van der Waals surface area contributed by atoms with E-state index in [0.29, 0.717) is 10.2 Å². The molecule has 0 amide bonds. The minimum Gasteiger partial charge on any atom is -0.398 e. The van der Waals surface area contributed by atoms with Crippen LogP contribution in [-0.2, 0) is 10.0 Å². The summed E-state index contributed by atoms with van der Waals surface area (Å²) in [5.41, 5.74) is 15.9. The fourth-order valence-corrected chi connectivity index (χ4v) is 2.28. The predicted molar refractivity (Wildman–Crippen MR) is 61.5 cm³/mol. The van der Waals surface area contributed by atoms with Crippen molar-refractivity contribution in [3.63, 3.8) is 0 Å². The summed E-state index contributed by atoms with van der Waals surface area (Å²) in [6.45, 7) is 0. The zero-order valence-corrected chi connectivity index (χ0v) is 9.92. The molecular weight excluding hydrogens is 284 g/mol. The number of hydrogen-bond acceptors (Lipinski definition) is 3. The van der Waals surface area contributed by atoms with E-state index in [1.54, 1.807) is 0 Å². The summed E-state index contributed by atoms with van der Waals surface area (Å²) in [7, 11) is -3.85. The van der Waals surface area contributed by atoms with Gasteiger partial charge >= 0.3 is 0 Å². The maximum absolute atomic E-state index is 11.5. The van der Waals surface area contributed by atoms with Gasteiger partial charge in [-0.05, 0) is 34.1 Å². The van der Waals surface area contributed by atoms with Gasteiger partial charge in [-0.3, -0.25) is 0 Å². The first-order valence-corrected chi connectivity index (χ1v) is 5.97. The highest BCUT2D eigenvalue weighted by atomic mass is 79.9. The smallest absolute Gasteiger partial charge is 0.285 e. The van der Waals surface area contributed by atoms with E-state index in [4.69, 9.17) is 17.2 Å². The molecule has 1 aromatic rings. The van der Waals surface area contributed by atoms with Crippen molar-refractivity contribution in [1.29, 1.82) is 0 Å². The topological polar surface area (TPSA) is 125 Å². The van der Waals surface area contributed by atoms with Crippen LogP contribution in [0.5, 0.6) is 0 Å². The number of halogens is 1. The lowest BCUT2D eigenvalue weighted by Gasteiger charge is -2.02. The largest absolute Gasteiger partial charge is 0.398 e. The summed E-state index contributed by atoms with van der Waals surface area (Å²) >= 11 is 3.10. The molecule has 6 nitrogen and oxygen atoms in total. The second-order valence-corrected chi connectivity index (χ2v) is 5.13.